The van der Waals surface area contributed by atoms with Crippen molar-refractivity contribution in [3.63, 3.8) is 0 Å². The fourth-order valence-corrected chi connectivity index (χ4v) is 12.1. The molecule has 0 amide bonds. The van der Waals surface area contributed by atoms with Crippen molar-refractivity contribution in [1.82, 2.24) is 4.57 Å². The zero-order valence-electron chi connectivity index (χ0n) is 42.8. The molecule has 0 saturated heterocycles. The van der Waals surface area contributed by atoms with Gasteiger partial charge in [0.15, 0.2) is 0 Å². The minimum absolute atomic E-state index is 0.529. The van der Waals surface area contributed by atoms with Crippen LogP contribution in [0.2, 0.25) is 0 Å². The van der Waals surface area contributed by atoms with Crippen molar-refractivity contribution in [2.75, 3.05) is 4.90 Å². The minimum atomic E-state index is -0.529. The fraction of sp³-hybridized carbons (Fsp3) is 0.0959. The van der Waals surface area contributed by atoms with E-state index in [0.29, 0.717) is 0 Å². The number of para-hydroxylation sites is 1. The molecule has 0 atom stereocenters. The van der Waals surface area contributed by atoms with Crippen molar-refractivity contribution in [2.45, 2.75) is 45.4 Å². The van der Waals surface area contributed by atoms with Crippen LogP contribution in [0.5, 0.6) is 0 Å². The van der Waals surface area contributed by atoms with Crippen molar-refractivity contribution in [3.8, 4) is 50.2 Å². The Morgan fingerprint density at radius 2 is 0.787 bits per heavy atom. The first-order valence-electron chi connectivity index (χ1n) is 26.7. The summed E-state index contributed by atoms with van der Waals surface area (Å²) in [5.41, 5.74) is 25.4. The fourth-order valence-electron chi connectivity index (χ4n) is 12.1. The van der Waals surface area contributed by atoms with Gasteiger partial charge in [0.05, 0.1) is 16.4 Å². The monoisotopic (exact) mass is 962 g/mol. The quantitative estimate of drug-likeness (QED) is 0.118. The summed E-state index contributed by atoms with van der Waals surface area (Å²) in [5.74, 6) is 0. The molecule has 75 heavy (non-hydrogen) atoms. The van der Waals surface area contributed by atoms with Crippen LogP contribution in [0, 0.1) is 0 Å². The van der Waals surface area contributed by atoms with Gasteiger partial charge >= 0.3 is 0 Å². The van der Waals surface area contributed by atoms with Gasteiger partial charge in [-0.1, -0.05) is 221 Å². The first-order valence-corrected chi connectivity index (χ1v) is 26.7. The zero-order valence-corrected chi connectivity index (χ0v) is 42.8. The van der Waals surface area contributed by atoms with Gasteiger partial charge in [0.2, 0.25) is 0 Å². The van der Waals surface area contributed by atoms with Crippen LogP contribution in [-0.4, -0.2) is 4.57 Å². The Labute approximate surface area is 441 Å². The molecular weight excluding hydrogens is 905 g/mol. The van der Waals surface area contributed by atoms with Crippen molar-refractivity contribution >= 4 is 38.9 Å². The van der Waals surface area contributed by atoms with E-state index in [1.54, 1.807) is 0 Å². The Morgan fingerprint density at radius 1 is 0.320 bits per heavy atom. The third-order valence-corrected chi connectivity index (χ3v) is 16.0. The molecule has 2 heteroatoms. The number of anilines is 3. The Hall–Kier alpha value is -8.98. The molecule has 0 N–H and O–H groups in total. The SMILES string of the molecule is CCc1ccc(C2(c3ccc4c(c3)c3ccc(N(c5ccc(-c6ccccc6)cc5)c5ccc(-c6ccccc6-c6ccccc6)cc5)cc3n4-c3ccccc3)c3cc(CC)ccc3-c3ccc(CC)cc32)cc1. The van der Waals surface area contributed by atoms with E-state index in [2.05, 4.69) is 291 Å². The van der Waals surface area contributed by atoms with Gasteiger partial charge in [-0.15, -0.1) is 0 Å². The van der Waals surface area contributed by atoms with Crippen LogP contribution in [0.3, 0.4) is 0 Å². The van der Waals surface area contributed by atoms with E-state index in [1.807, 2.05) is 0 Å². The summed E-state index contributed by atoms with van der Waals surface area (Å²) in [6, 6.07) is 97.6. The standard InChI is InChI=1S/C73H58N2/c1-4-50-26-34-57(35-27-50)73(69-46-51(5-2)28-42-65(69)66-43-29-52(6-3)47-70(66)73)58-36-45-71-68(48-58)67-44-41-62(49-72(67)75(71)59-22-14-9-15-23-59)74(60-37-30-54(31-38-60)53-18-10-7-11-19-53)61-39-32-56(33-40-61)64-25-17-16-24-63(64)55-20-12-8-13-21-55/h7-49H,4-6H2,1-3H3. The van der Waals surface area contributed by atoms with Crippen LogP contribution < -0.4 is 4.90 Å². The summed E-state index contributed by atoms with van der Waals surface area (Å²) in [7, 11) is 0. The van der Waals surface area contributed by atoms with Crippen LogP contribution in [0.15, 0.2) is 261 Å². The molecule has 11 aromatic carbocycles. The second kappa shape index (κ2) is 19.1. The first-order chi connectivity index (χ1) is 37.0. The van der Waals surface area contributed by atoms with Crippen molar-refractivity contribution < 1.29 is 0 Å². The molecule has 0 unspecified atom stereocenters. The third kappa shape index (κ3) is 7.79. The molecule has 0 saturated carbocycles. The summed E-state index contributed by atoms with van der Waals surface area (Å²) < 4.78 is 2.47. The number of aryl methyl sites for hydroxylation is 3. The summed E-state index contributed by atoms with van der Waals surface area (Å²) in [4.78, 5) is 2.41. The van der Waals surface area contributed by atoms with Crippen LogP contribution in [0.4, 0.5) is 17.1 Å². The van der Waals surface area contributed by atoms with Gasteiger partial charge < -0.3 is 9.47 Å². The van der Waals surface area contributed by atoms with E-state index in [4.69, 9.17) is 0 Å². The lowest BCUT2D eigenvalue weighted by atomic mass is 9.67. The van der Waals surface area contributed by atoms with Crippen LogP contribution in [-0.2, 0) is 24.7 Å². The van der Waals surface area contributed by atoms with E-state index in [9.17, 15) is 0 Å². The van der Waals surface area contributed by atoms with Crippen molar-refractivity contribution in [3.05, 3.63) is 300 Å². The topological polar surface area (TPSA) is 8.17 Å². The number of fused-ring (bicyclic) bond motifs is 6. The van der Waals surface area contributed by atoms with E-state index in [1.165, 1.54) is 99.7 Å². The van der Waals surface area contributed by atoms with Gasteiger partial charge in [-0.05, 0) is 163 Å². The number of hydrogen-bond donors (Lipinski definition) is 0. The zero-order chi connectivity index (χ0) is 50.5. The highest BCUT2D eigenvalue weighted by molar-refractivity contribution is 6.11. The second-order valence-electron chi connectivity index (χ2n) is 20.1. The number of benzene rings is 11. The van der Waals surface area contributed by atoms with Crippen molar-refractivity contribution in [1.29, 1.82) is 0 Å². The lowest BCUT2D eigenvalue weighted by Crippen LogP contribution is -2.29. The molecule has 0 aliphatic heterocycles. The molecule has 360 valence electrons. The maximum absolute atomic E-state index is 2.53. The lowest BCUT2D eigenvalue weighted by Gasteiger charge is -2.34. The smallest absolute Gasteiger partial charge is 0.0714 e. The molecule has 0 radical (unpaired) electrons. The molecule has 1 aromatic heterocycles. The number of rotatable bonds is 12. The van der Waals surface area contributed by atoms with E-state index >= 15 is 0 Å². The molecule has 0 bridgehead atoms. The molecule has 12 aromatic rings. The van der Waals surface area contributed by atoms with Crippen LogP contribution >= 0.6 is 0 Å². The van der Waals surface area contributed by atoms with E-state index in [0.717, 1.165) is 47.5 Å². The Kier molecular flexibility index (Phi) is 11.7. The minimum Gasteiger partial charge on any atom is -0.310 e. The Morgan fingerprint density at radius 3 is 1.36 bits per heavy atom. The number of nitrogens with zero attached hydrogens (tertiary/aromatic N) is 2. The van der Waals surface area contributed by atoms with Crippen LogP contribution in [0.25, 0.3) is 72.0 Å². The highest BCUT2D eigenvalue weighted by atomic mass is 15.1. The molecule has 0 spiro atoms. The number of aromatic nitrogens is 1. The van der Waals surface area contributed by atoms with Gasteiger partial charge in [0, 0.05) is 33.5 Å². The summed E-state index contributed by atoms with van der Waals surface area (Å²) in [6.45, 7) is 6.80. The highest BCUT2D eigenvalue weighted by Crippen LogP contribution is 2.57. The molecule has 1 heterocycles. The largest absolute Gasteiger partial charge is 0.310 e. The molecule has 2 nitrogen and oxygen atoms in total. The van der Waals surface area contributed by atoms with Gasteiger partial charge in [-0.2, -0.15) is 0 Å². The second-order valence-corrected chi connectivity index (χ2v) is 20.1. The van der Waals surface area contributed by atoms with Crippen molar-refractivity contribution in [2.24, 2.45) is 0 Å². The molecule has 1 aliphatic carbocycles. The van der Waals surface area contributed by atoms with Gasteiger partial charge in [-0.25, -0.2) is 0 Å². The van der Waals surface area contributed by atoms with Crippen LogP contribution in [0.1, 0.15) is 59.7 Å². The van der Waals surface area contributed by atoms with E-state index < -0.39 is 5.41 Å². The normalized spacial score (nSPS) is 12.5. The predicted octanol–water partition coefficient (Wildman–Crippen LogP) is 19.3. The summed E-state index contributed by atoms with van der Waals surface area (Å²) >= 11 is 0. The molecular formula is C73H58N2. The summed E-state index contributed by atoms with van der Waals surface area (Å²) in [6.07, 6.45) is 2.95. The highest BCUT2D eigenvalue weighted by Gasteiger charge is 2.46. The maximum Gasteiger partial charge on any atom is 0.0714 e. The average Bonchev–Trinajstić information content (AvgIpc) is 4.11. The third-order valence-electron chi connectivity index (χ3n) is 16.0. The van der Waals surface area contributed by atoms with Gasteiger partial charge in [-0.3, -0.25) is 0 Å². The summed E-state index contributed by atoms with van der Waals surface area (Å²) in [5, 5.41) is 2.45. The number of hydrogen-bond acceptors (Lipinski definition) is 1. The molecule has 13 rings (SSSR count). The Balaban J connectivity index is 1.02. The van der Waals surface area contributed by atoms with Gasteiger partial charge in [0.1, 0.15) is 0 Å². The maximum atomic E-state index is 2.53. The lowest BCUT2D eigenvalue weighted by molar-refractivity contribution is 0.765. The Bertz CT molecular complexity index is 3960. The van der Waals surface area contributed by atoms with Gasteiger partial charge in [0.25, 0.3) is 0 Å². The average molecular weight is 963 g/mol. The molecule has 1 aliphatic rings. The molecule has 0 fully saturated rings. The first kappa shape index (κ1) is 45.9. The van der Waals surface area contributed by atoms with E-state index in [-0.39, 0.29) is 0 Å². The predicted molar refractivity (Wildman–Crippen MR) is 317 cm³/mol.